The zero-order chi connectivity index (χ0) is 31.9. The Balaban J connectivity index is 1.14. The minimum absolute atomic E-state index is 0.0995. The fraction of sp³-hybridized carbons (Fsp3) is 0.133. The van der Waals surface area contributed by atoms with Gasteiger partial charge in [0.1, 0.15) is 0 Å². The highest BCUT2D eigenvalue weighted by atomic mass is 15.0. The normalized spacial score (nSPS) is 14.4. The van der Waals surface area contributed by atoms with Crippen LogP contribution in [0.2, 0.25) is 0 Å². The number of nitrogens with zero attached hydrogens (tertiary/aromatic N) is 3. The highest BCUT2D eigenvalue weighted by Gasteiger charge is 2.45. The molecule has 0 radical (unpaired) electrons. The van der Waals surface area contributed by atoms with Gasteiger partial charge in [0.2, 0.25) is 0 Å². The zero-order valence-electron chi connectivity index (χ0n) is 26.8. The van der Waals surface area contributed by atoms with Gasteiger partial charge >= 0.3 is 0 Å². The molecule has 0 unspecified atom stereocenters. The molecular formula is C45H35N3. The lowest BCUT2D eigenvalue weighted by molar-refractivity contribution is 0.353. The van der Waals surface area contributed by atoms with Gasteiger partial charge in [0.15, 0.2) is 17.5 Å². The van der Waals surface area contributed by atoms with Crippen LogP contribution in [0.5, 0.6) is 0 Å². The van der Waals surface area contributed by atoms with E-state index in [1.165, 1.54) is 71.0 Å². The van der Waals surface area contributed by atoms with E-state index in [9.17, 15) is 0 Å². The molecule has 48 heavy (non-hydrogen) atoms. The summed E-state index contributed by atoms with van der Waals surface area (Å²) in [5.41, 5.74) is 13.8. The number of fused-ring (bicyclic) bond motifs is 5. The lowest BCUT2D eigenvalue weighted by Crippen LogP contribution is -2.28. The van der Waals surface area contributed by atoms with Crippen molar-refractivity contribution < 1.29 is 0 Å². The van der Waals surface area contributed by atoms with E-state index in [1.807, 2.05) is 60.7 Å². The van der Waals surface area contributed by atoms with E-state index in [0.717, 1.165) is 22.3 Å². The smallest absolute Gasteiger partial charge is 0.164 e. The molecule has 0 N–H and O–H groups in total. The molecular weight excluding hydrogens is 583 g/mol. The van der Waals surface area contributed by atoms with Crippen LogP contribution in [0.1, 0.15) is 43.2 Å². The molecule has 230 valence electrons. The number of rotatable bonds is 5. The highest BCUT2D eigenvalue weighted by Crippen LogP contribution is 2.58. The van der Waals surface area contributed by atoms with Crippen LogP contribution >= 0.6 is 0 Å². The molecule has 2 aliphatic rings. The molecule has 0 bridgehead atoms. The number of benzene rings is 6. The Hall–Kier alpha value is -5.67. The van der Waals surface area contributed by atoms with Crippen LogP contribution in [0.3, 0.4) is 0 Å². The maximum atomic E-state index is 4.98. The van der Waals surface area contributed by atoms with Crippen molar-refractivity contribution in [2.75, 3.05) is 0 Å². The second kappa shape index (κ2) is 11.8. The fourth-order valence-corrected chi connectivity index (χ4v) is 8.12. The molecule has 3 heteroatoms. The van der Waals surface area contributed by atoms with Crippen molar-refractivity contribution in [3.63, 3.8) is 0 Å². The fourth-order valence-electron chi connectivity index (χ4n) is 8.12. The molecule has 1 saturated carbocycles. The first-order chi connectivity index (χ1) is 23.8. The standard InChI is InChI=1S/C45H35N3/c1-4-15-31(16-5-1)42-46-43(32-17-6-2-7-18-32)48-44(47-42)36-22-13-20-34(30-36)33-19-12-21-35(29-33)37-24-14-25-39-38-23-8-9-26-40(38)45(41(37)39)27-10-3-11-28-45/h1-2,4-9,12-26,29-30H,3,10-11,27-28H2. The van der Waals surface area contributed by atoms with Crippen molar-refractivity contribution in [3.05, 3.63) is 163 Å². The molecule has 0 aliphatic heterocycles. The summed E-state index contributed by atoms with van der Waals surface area (Å²) >= 11 is 0. The van der Waals surface area contributed by atoms with Crippen LogP contribution in [0.15, 0.2) is 152 Å². The van der Waals surface area contributed by atoms with E-state index in [-0.39, 0.29) is 5.41 Å². The van der Waals surface area contributed by atoms with Crippen LogP contribution in [0.25, 0.3) is 67.5 Å². The first-order valence-corrected chi connectivity index (χ1v) is 17.1. The quantitative estimate of drug-likeness (QED) is 0.193. The van der Waals surface area contributed by atoms with Crippen LogP contribution in [0, 0.1) is 0 Å². The Bertz CT molecular complexity index is 2210. The summed E-state index contributed by atoms with van der Waals surface area (Å²) in [6.45, 7) is 0. The Labute approximate surface area is 282 Å². The van der Waals surface area contributed by atoms with Gasteiger partial charge in [-0.2, -0.15) is 0 Å². The summed E-state index contributed by atoms with van der Waals surface area (Å²) in [6, 6.07) is 54.1. The average molecular weight is 618 g/mol. The Morgan fingerprint density at radius 1 is 0.354 bits per heavy atom. The molecule has 1 fully saturated rings. The average Bonchev–Trinajstić information content (AvgIpc) is 3.44. The molecule has 1 aromatic heterocycles. The van der Waals surface area contributed by atoms with E-state index in [2.05, 4.69) is 91.0 Å². The van der Waals surface area contributed by atoms with Gasteiger partial charge in [-0.05, 0) is 69.5 Å². The van der Waals surface area contributed by atoms with E-state index in [0.29, 0.717) is 17.5 Å². The zero-order valence-corrected chi connectivity index (χ0v) is 26.8. The molecule has 9 rings (SSSR count). The van der Waals surface area contributed by atoms with Crippen molar-refractivity contribution in [2.45, 2.75) is 37.5 Å². The molecule has 0 amide bonds. The minimum atomic E-state index is 0.0995. The largest absolute Gasteiger partial charge is 0.208 e. The molecule has 1 spiro atoms. The summed E-state index contributed by atoms with van der Waals surface area (Å²) in [6.07, 6.45) is 6.33. The number of aromatic nitrogens is 3. The van der Waals surface area contributed by atoms with Crippen molar-refractivity contribution in [1.82, 2.24) is 15.0 Å². The second-order valence-electron chi connectivity index (χ2n) is 13.1. The topological polar surface area (TPSA) is 38.7 Å². The predicted molar refractivity (Wildman–Crippen MR) is 196 cm³/mol. The Morgan fingerprint density at radius 3 is 1.48 bits per heavy atom. The van der Waals surface area contributed by atoms with Crippen LogP contribution in [-0.2, 0) is 5.41 Å². The van der Waals surface area contributed by atoms with Gasteiger partial charge in [-0.25, -0.2) is 15.0 Å². The summed E-state index contributed by atoms with van der Waals surface area (Å²) in [5, 5.41) is 0. The van der Waals surface area contributed by atoms with Gasteiger partial charge in [-0.15, -0.1) is 0 Å². The molecule has 6 aromatic carbocycles. The van der Waals surface area contributed by atoms with Crippen LogP contribution < -0.4 is 0 Å². The van der Waals surface area contributed by atoms with Gasteiger partial charge in [-0.1, -0.05) is 159 Å². The third kappa shape index (κ3) is 4.86. The number of hydrogen-bond acceptors (Lipinski definition) is 3. The summed E-state index contributed by atoms with van der Waals surface area (Å²) in [4.78, 5) is 14.9. The maximum Gasteiger partial charge on any atom is 0.164 e. The third-order valence-electron chi connectivity index (χ3n) is 10.3. The molecule has 3 nitrogen and oxygen atoms in total. The van der Waals surface area contributed by atoms with Gasteiger partial charge in [0, 0.05) is 22.1 Å². The SMILES string of the molecule is c1ccc(-c2nc(-c3ccccc3)nc(-c3cccc(-c4cccc(-c5cccc6c5C5(CCCCC5)c5ccccc5-6)c4)c3)n2)cc1. The van der Waals surface area contributed by atoms with Gasteiger partial charge in [0.25, 0.3) is 0 Å². The van der Waals surface area contributed by atoms with Crippen LogP contribution in [-0.4, -0.2) is 15.0 Å². The minimum Gasteiger partial charge on any atom is -0.208 e. The van der Waals surface area contributed by atoms with Crippen molar-refractivity contribution in [2.24, 2.45) is 0 Å². The third-order valence-corrected chi connectivity index (χ3v) is 10.3. The summed E-state index contributed by atoms with van der Waals surface area (Å²) < 4.78 is 0. The molecule has 7 aromatic rings. The van der Waals surface area contributed by atoms with Gasteiger partial charge in [0.05, 0.1) is 0 Å². The number of hydrogen-bond donors (Lipinski definition) is 0. The van der Waals surface area contributed by atoms with Crippen molar-refractivity contribution in [1.29, 1.82) is 0 Å². The summed E-state index contributed by atoms with van der Waals surface area (Å²) in [5.74, 6) is 2.00. The van der Waals surface area contributed by atoms with Crippen molar-refractivity contribution in [3.8, 4) is 67.5 Å². The first-order valence-electron chi connectivity index (χ1n) is 17.1. The van der Waals surface area contributed by atoms with Gasteiger partial charge in [-0.3, -0.25) is 0 Å². The summed E-state index contributed by atoms with van der Waals surface area (Å²) in [7, 11) is 0. The lowest BCUT2D eigenvalue weighted by atomic mass is 9.66. The predicted octanol–water partition coefficient (Wildman–Crippen LogP) is 11.4. The molecule has 0 atom stereocenters. The van der Waals surface area contributed by atoms with E-state index >= 15 is 0 Å². The maximum absolute atomic E-state index is 4.98. The van der Waals surface area contributed by atoms with Crippen LogP contribution in [0.4, 0.5) is 0 Å². The van der Waals surface area contributed by atoms with Gasteiger partial charge < -0.3 is 0 Å². The van der Waals surface area contributed by atoms with E-state index in [4.69, 9.17) is 15.0 Å². The molecule has 0 saturated heterocycles. The van der Waals surface area contributed by atoms with E-state index in [1.54, 1.807) is 0 Å². The monoisotopic (exact) mass is 617 g/mol. The Kier molecular flexibility index (Phi) is 7.04. The van der Waals surface area contributed by atoms with E-state index < -0.39 is 0 Å². The lowest BCUT2D eigenvalue weighted by Gasteiger charge is -2.37. The second-order valence-corrected chi connectivity index (χ2v) is 13.1. The molecule has 1 heterocycles. The Morgan fingerprint density at radius 2 is 0.812 bits per heavy atom. The highest BCUT2D eigenvalue weighted by molar-refractivity contribution is 5.89. The first kappa shape index (κ1) is 28.5. The van der Waals surface area contributed by atoms with Crippen molar-refractivity contribution >= 4 is 0 Å². The molecule has 2 aliphatic carbocycles.